The molecular weight excluding hydrogens is 464 g/mol. The molecule has 1 aromatic heterocycles. The maximum Gasteiger partial charge on any atom is 0.223 e. The van der Waals surface area contributed by atoms with Crippen LogP contribution in [0.25, 0.3) is 0 Å². The lowest BCUT2D eigenvalue weighted by molar-refractivity contribution is 0.264. The van der Waals surface area contributed by atoms with Gasteiger partial charge in [-0.3, -0.25) is 4.79 Å². The van der Waals surface area contributed by atoms with Crippen molar-refractivity contribution in [1.29, 1.82) is 0 Å². The molecule has 0 aliphatic rings. The Bertz CT molecular complexity index is 981. The van der Waals surface area contributed by atoms with Gasteiger partial charge in [0, 0.05) is 29.7 Å². The highest BCUT2D eigenvalue weighted by Gasteiger charge is 2.37. The van der Waals surface area contributed by atoms with E-state index in [-0.39, 0.29) is 16.5 Å². The molecule has 0 aliphatic carbocycles. The Morgan fingerprint density at radius 3 is 2.29 bits per heavy atom. The summed E-state index contributed by atoms with van der Waals surface area (Å²) in [6.45, 7) is 20.2. The van der Waals surface area contributed by atoms with Crippen LogP contribution in [-0.2, 0) is 28.9 Å². The molecule has 190 valence electrons. The van der Waals surface area contributed by atoms with E-state index in [0.717, 1.165) is 11.3 Å². The Kier molecular flexibility index (Phi) is 9.64. The fourth-order valence-electron chi connectivity index (χ4n) is 2.99. The summed E-state index contributed by atoms with van der Waals surface area (Å²) in [6.07, 6.45) is 1.76. The molecule has 1 aromatic carbocycles. The van der Waals surface area contributed by atoms with E-state index in [1.54, 1.807) is 12.3 Å². The number of nitrogens with one attached hydrogen (secondary N) is 1. The van der Waals surface area contributed by atoms with Crippen molar-refractivity contribution in [3.63, 3.8) is 0 Å². The Labute approximate surface area is 209 Å². The van der Waals surface area contributed by atoms with Crippen LogP contribution in [0.3, 0.4) is 0 Å². The molecule has 2 rings (SSSR count). The lowest BCUT2D eigenvalue weighted by Crippen LogP contribution is -2.42. The monoisotopic (exact) mass is 506 g/mol. The summed E-state index contributed by atoms with van der Waals surface area (Å²) in [5, 5.41) is 0.113. The quantitative estimate of drug-likeness (QED) is 0.337. The molecule has 0 bridgehead atoms. The molecule has 0 saturated heterocycles. The van der Waals surface area contributed by atoms with Crippen LogP contribution >= 0.6 is 0 Å². The summed E-state index contributed by atoms with van der Waals surface area (Å²) in [5.41, 5.74) is 1.56. The van der Waals surface area contributed by atoms with Crippen molar-refractivity contribution in [2.24, 2.45) is 0 Å². The van der Waals surface area contributed by atoms with E-state index >= 15 is 0 Å². The minimum absolute atomic E-state index is 0.113. The molecule has 0 spiro atoms. The highest BCUT2D eigenvalue weighted by atomic mass is 32.2. The van der Waals surface area contributed by atoms with Crippen molar-refractivity contribution in [2.45, 2.75) is 90.5 Å². The molecule has 2 unspecified atom stereocenters. The Hall–Kier alpha value is -1.58. The third-order valence-corrected chi connectivity index (χ3v) is 12.5. The van der Waals surface area contributed by atoms with E-state index in [9.17, 15) is 9.35 Å². The van der Waals surface area contributed by atoms with Crippen LogP contribution in [0.15, 0.2) is 47.4 Å². The van der Waals surface area contributed by atoms with Gasteiger partial charge < -0.3 is 18.3 Å². The van der Waals surface area contributed by atoms with Crippen LogP contribution in [0.5, 0.6) is 5.75 Å². The number of pyridine rings is 1. The van der Waals surface area contributed by atoms with E-state index in [4.69, 9.17) is 9.16 Å². The molecule has 6 nitrogen and oxygen atoms in total. The highest BCUT2D eigenvalue weighted by Crippen LogP contribution is 2.36. The van der Waals surface area contributed by atoms with Crippen molar-refractivity contribution < 1.29 is 13.7 Å². The third kappa shape index (κ3) is 7.98. The van der Waals surface area contributed by atoms with E-state index in [1.807, 2.05) is 62.6 Å². The minimum Gasteiger partial charge on any atom is -0.598 e. The van der Waals surface area contributed by atoms with E-state index < -0.39 is 24.4 Å². The van der Waals surface area contributed by atoms with Gasteiger partial charge in [0.05, 0.1) is 18.8 Å². The number of rotatable bonds is 10. The van der Waals surface area contributed by atoms with Crippen molar-refractivity contribution in [1.82, 2.24) is 9.29 Å². The van der Waals surface area contributed by atoms with Gasteiger partial charge in [-0.25, -0.2) is 0 Å². The standard InChI is InChI=1S/C26H42N2O4SSi/c1-20(27-33(30)25(2,3)4)22-17-23(29)24(31-19-21-13-11-10-12-14-21)18-28(22)15-16-32-34(8,9)26(5,6)7/h10-14,17-18,20,27H,15-16,19H2,1-9H3. The first-order valence-corrected chi connectivity index (χ1v) is 15.9. The molecule has 0 radical (unpaired) electrons. The maximum absolute atomic E-state index is 12.9. The average molecular weight is 507 g/mol. The van der Waals surface area contributed by atoms with Gasteiger partial charge in [0.15, 0.2) is 14.1 Å². The minimum atomic E-state index is -1.91. The average Bonchev–Trinajstić information content (AvgIpc) is 2.72. The zero-order chi connectivity index (χ0) is 25.7. The first-order chi connectivity index (χ1) is 15.6. The first-order valence-electron chi connectivity index (χ1n) is 11.8. The molecular formula is C26H42N2O4SSi. The lowest BCUT2D eigenvalue weighted by Gasteiger charge is -2.36. The summed E-state index contributed by atoms with van der Waals surface area (Å²) >= 11 is -1.27. The van der Waals surface area contributed by atoms with Crippen LogP contribution in [0, 0.1) is 0 Å². The van der Waals surface area contributed by atoms with Gasteiger partial charge in [-0.2, -0.15) is 0 Å². The third-order valence-electron chi connectivity index (χ3n) is 6.25. The number of benzene rings is 1. The van der Waals surface area contributed by atoms with Gasteiger partial charge in [0.25, 0.3) is 0 Å². The lowest BCUT2D eigenvalue weighted by atomic mass is 10.2. The van der Waals surface area contributed by atoms with Gasteiger partial charge >= 0.3 is 0 Å². The second-order valence-corrected chi connectivity index (χ2v) is 18.0. The number of nitrogens with zero attached hydrogens (tertiary/aromatic N) is 1. The van der Waals surface area contributed by atoms with E-state index in [2.05, 4.69) is 38.6 Å². The van der Waals surface area contributed by atoms with Crippen LogP contribution < -0.4 is 14.9 Å². The van der Waals surface area contributed by atoms with Gasteiger partial charge in [-0.15, -0.1) is 4.72 Å². The summed E-state index contributed by atoms with van der Waals surface area (Å²) in [6, 6.07) is 11.1. The second kappa shape index (κ2) is 11.4. The predicted molar refractivity (Wildman–Crippen MR) is 144 cm³/mol. The predicted octanol–water partition coefficient (Wildman–Crippen LogP) is 5.56. The Balaban J connectivity index is 2.29. The van der Waals surface area contributed by atoms with Crippen molar-refractivity contribution >= 4 is 19.7 Å². The Morgan fingerprint density at radius 1 is 1.12 bits per heavy atom. The normalized spacial score (nSPS) is 14.6. The summed E-state index contributed by atoms with van der Waals surface area (Å²) in [7, 11) is -1.91. The summed E-state index contributed by atoms with van der Waals surface area (Å²) in [5.74, 6) is 0.295. The topological polar surface area (TPSA) is 75.5 Å². The largest absolute Gasteiger partial charge is 0.598 e. The molecule has 2 atom stereocenters. The molecule has 0 fully saturated rings. The van der Waals surface area contributed by atoms with E-state index in [0.29, 0.717) is 25.5 Å². The van der Waals surface area contributed by atoms with Gasteiger partial charge in [0.2, 0.25) is 5.43 Å². The molecule has 2 aromatic rings. The number of ether oxygens (including phenoxy) is 1. The second-order valence-electron chi connectivity index (χ2n) is 11.2. The van der Waals surface area contributed by atoms with Crippen LogP contribution in [-0.4, -0.2) is 28.8 Å². The van der Waals surface area contributed by atoms with Crippen LogP contribution in [0.4, 0.5) is 0 Å². The van der Waals surface area contributed by atoms with Crippen LogP contribution in [0.1, 0.15) is 65.8 Å². The smallest absolute Gasteiger partial charge is 0.223 e. The SMILES string of the molecule is CC(N[S+]([O-])C(C)(C)C)c1cc(=O)c(OCc2ccccc2)cn1CCO[Si](C)(C)C(C)(C)C. The van der Waals surface area contributed by atoms with Crippen molar-refractivity contribution in [2.75, 3.05) is 6.61 Å². The fraction of sp³-hybridized carbons (Fsp3) is 0.577. The highest BCUT2D eigenvalue weighted by molar-refractivity contribution is 7.90. The van der Waals surface area contributed by atoms with Crippen molar-refractivity contribution in [3.05, 3.63) is 64.1 Å². The summed E-state index contributed by atoms with van der Waals surface area (Å²) in [4.78, 5) is 12.9. The number of aromatic nitrogens is 1. The molecule has 0 aliphatic heterocycles. The van der Waals surface area contributed by atoms with Crippen LogP contribution in [0.2, 0.25) is 18.1 Å². The maximum atomic E-state index is 12.9. The number of hydrogen-bond acceptors (Lipinski definition) is 5. The zero-order valence-corrected chi connectivity index (χ0v) is 24.0. The van der Waals surface area contributed by atoms with E-state index in [1.165, 1.54) is 0 Å². The van der Waals surface area contributed by atoms with Crippen molar-refractivity contribution in [3.8, 4) is 5.75 Å². The van der Waals surface area contributed by atoms with Gasteiger partial charge in [-0.05, 0) is 51.4 Å². The molecule has 0 amide bonds. The van der Waals surface area contributed by atoms with Gasteiger partial charge in [-0.1, -0.05) is 51.1 Å². The summed E-state index contributed by atoms with van der Waals surface area (Å²) < 4.78 is 29.7. The molecule has 1 heterocycles. The molecule has 0 saturated carbocycles. The molecule has 1 N–H and O–H groups in total. The molecule has 34 heavy (non-hydrogen) atoms. The number of hydrogen-bond donors (Lipinski definition) is 1. The zero-order valence-electron chi connectivity index (χ0n) is 22.2. The fourth-order valence-corrected chi connectivity index (χ4v) is 4.82. The van der Waals surface area contributed by atoms with Gasteiger partial charge in [0.1, 0.15) is 11.4 Å². The first kappa shape index (κ1) is 28.7. The Morgan fingerprint density at radius 2 is 1.74 bits per heavy atom. The molecule has 8 heteroatoms.